The number of fused-ring (bicyclic) bond motifs is 1. The first kappa shape index (κ1) is 18.8. The van der Waals surface area contributed by atoms with Gasteiger partial charge in [-0.05, 0) is 30.7 Å². The van der Waals surface area contributed by atoms with Crippen molar-refractivity contribution >= 4 is 26.8 Å². The minimum atomic E-state index is -3.62. The highest BCUT2D eigenvalue weighted by Crippen LogP contribution is 2.20. The molecule has 10 heteroatoms. The first-order valence-electron chi connectivity index (χ1n) is 8.91. The third-order valence-corrected chi connectivity index (χ3v) is 6.21. The van der Waals surface area contributed by atoms with Crippen LogP contribution in [0.4, 0.5) is 0 Å². The summed E-state index contributed by atoms with van der Waals surface area (Å²) < 4.78 is 26.9. The van der Waals surface area contributed by atoms with Crippen molar-refractivity contribution in [1.29, 1.82) is 0 Å². The van der Waals surface area contributed by atoms with E-state index in [1.54, 1.807) is 29.1 Å². The van der Waals surface area contributed by atoms with Gasteiger partial charge in [0.2, 0.25) is 9.84 Å². The van der Waals surface area contributed by atoms with Crippen LogP contribution in [0.15, 0.2) is 64.9 Å². The second-order valence-electron chi connectivity index (χ2n) is 6.39. The molecular weight excluding hydrogens is 392 g/mol. The molecule has 0 atom stereocenters. The summed E-state index contributed by atoms with van der Waals surface area (Å²) in [5.41, 5.74) is 1.81. The molecule has 9 nitrogen and oxygen atoms in total. The lowest BCUT2D eigenvalue weighted by atomic mass is 10.2. The minimum Gasteiger partial charge on any atom is -0.348 e. The Morgan fingerprint density at radius 1 is 1.14 bits per heavy atom. The summed E-state index contributed by atoms with van der Waals surface area (Å²) in [6, 6.07) is 8.11. The number of nitrogens with zero attached hydrogens (tertiary/aromatic N) is 4. The van der Waals surface area contributed by atoms with Gasteiger partial charge < -0.3 is 5.32 Å². The maximum atomic E-state index is 12.7. The number of hydrogen-bond donors (Lipinski definition) is 2. The monoisotopic (exact) mass is 410 g/mol. The molecule has 0 aliphatic carbocycles. The van der Waals surface area contributed by atoms with Gasteiger partial charge in [-0.15, -0.1) is 0 Å². The molecular formula is C19H18N6O3S. The van der Waals surface area contributed by atoms with Crippen LogP contribution in [-0.4, -0.2) is 39.3 Å². The van der Waals surface area contributed by atoms with E-state index in [4.69, 9.17) is 0 Å². The van der Waals surface area contributed by atoms with Crippen LogP contribution in [0.1, 0.15) is 22.8 Å². The van der Waals surface area contributed by atoms with Gasteiger partial charge in [-0.1, -0.05) is 12.1 Å². The predicted octanol–water partition coefficient (Wildman–Crippen LogP) is 1.94. The summed E-state index contributed by atoms with van der Waals surface area (Å²) in [4.78, 5) is 16.8. The van der Waals surface area contributed by atoms with Crippen molar-refractivity contribution in [3.05, 3.63) is 66.2 Å². The van der Waals surface area contributed by atoms with E-state index in [2.05, 4.69) is 25.6 Å². The van der Waals surface area contributed by atoms with E-state index in [0.29, 0.717) is 17.8 Å². The Morgan fingerprint density at radius 3 is 2.66 bits per heavy atom. The Morgan fingerprint density at radius 2 is 1.93 bits per heavy atom. The molecule has 0 bridgehead atoms. The van der Waals surface area contributed by atoms with E-state index in [9.17, 15) is 13.2 Å². The second-order valence-corrected chi connectivity index (χ2v) is 8.34. The van der Waals surface area contributed by atoms with E-state index in [1.807, 2.05) is 6.92 Å². The summed E-state index contributed by atoms with van der Waals surface area (Å²) in [5.74, 6) is -0.274. The van der Waals surface area contributed by atoms with Gasteiger partial charge in [-0.2, -0.15) is 10.2 Å². The van der Waals surface area contributed by atoms with Gasteiger partial charge in [0.25, 0.3) is 5.91 Å². The lowest BCUT2D eigenvalue weighted by Gasteiger charge is -2.07. The van der Waals surface area contributed by atoms with Crippen molar-refractivity contribution in [3.8, 4) is 0 Å². The second kappa shape index (κ2) is 7.47. The molecule has 0 aliphatic rings. The number of H-pyrrole nitrogens is 1. The van der Waals surface area contributed by atoms with Crippen molar-refractivity contribution < 1.29 is 13.2 Å². The van der Waals surface area contributed by atoms with Crippen molar-refractivity contribution in [3.63, 3.8) is 0 Å². The zero-order chi connectivity index (χ0) is 20.4. The van der Waals surface area contributed by atoms with Crippen LogP contribution >= 0.6 is 0 Å². The lowest BCUT2D eigenvalue weighted by molar-refractivity contribution is 0.0950. The molecule has 3 aromatic heterocycles. The standard InChI is InChI=1S/C19H18N6O3S/c1-2-25-12-17(11-23-25)29(27,28)16-5-3-13(4-6-16)8-21-19(26)15-7-14-10-22-24-18(14)20-9-15/h3-7,9-12H,2,8H2,1H3,(H,21,26)(H,20,22,24). The number of hydrogen-bond acceptors (Lipinski definition) is 6. The Hall–Kier alpha value is -3.53. The normalized spacial score (nSPS) is 11.6. The molecule has 0 radical (unpaired) electrons. The summed E-state index contributed by atoms with van der Waals surface area (Å²) in [6.07, 6.45) is 5.93. The van der Waals surface area contributed by atoms with E-state index in [0.717, 1.165) is 10.9 Å². The molecule has 0 fully saturated rings. The Kier molecular flexibility index (Phi) is 4.85. The summed E-state index contributed by atoms with van der Waals surface area (Å²) in [5, 5.41) is 14.2. The number of benzene rings is 1. The zero-order valence-corrected chi connectivity index (χ0v) is 16.3. The molecule has 0 spiro atoms. The Labute approximate surface area is 166 Å². The fraction of sp³-hybridized carbons (Fsp3) is 0.158. The highest BCUT2D eigenvalue weighted by Gasteiger charge is 2.19. The van der Waals surface area contributed by atoms with E-state index < -0.39 is 9.84 Å². The molecule has 0 saturated heterocycles. The van der Waals surface area contributed by atoms with Gasteiger partial charge in [0, 0.05) is 30.9 Å². The van der Waals surface area contributed by atoms with Crippen molar-refractivity contribution in [2.45, 2.75) is 29.8 Å². The third kappa shape index (κ3) is 3.74. The molecule has 0 unspecified atom stereocenters. The molecule has 148 valence electrons. The number of nitrogens with one attached hydrogen (secondary N) is 2. The average molecular weight is 410 g/mol. The largest absolute Gasteiger partial charge is 0.348 e. The van der Waals surface area contributed by atoms with Crippen LogP contribution in [0.5, 0.6) is 0 Å². The number of aromatic amines is 1. The molecule has 0 saturated carbocycles. The van der Waals surface area contributed by atoms with Crippen LogP contribution in [0.2, 0.25) is 0 Å². The quantitative estimate of drug-likeness (QED) is 0.501. The van der Waals surface area contributed by atoms with E-state index in [-0.39, 0.29) is 22.2 Å². The van der Waals surface area contributed by atoms with Gasteiger partial charge in [-0.3, -0.25) is 14.6 Å². The number of aryl methyl sites for hydroxylation is 1. The SMILES string of the molecule is CCn1cc(S(=O)(=O)c2ccc(CNC(=O)c3cnc4[nH]ncc4c3)cc2)cn1. The fourth-order valence-electron chi connectivity index (χ4n) is 2.82. The molecule has 0 aliphatic heterocycles. The van der Waals surface area contributed by atoms with Crippen LogP contribution in [0, 0.1) is 0 Å². The first-order chi connectivity index (χ1) is 14.0. The maximum Gasteiger partial charge on any atom is 0.253 e. The first-order valence-corrected chi connectivity index (χ1v) is 10.4. The zero-order valence-electron chi connectivity index (χ0n) is 15.5. The van der Waals surface area contributed by atoms with Crippen LogP contribution < -0.4 is 5.32 Å². The molecule has 1 aromatic carbocycles. The number of carbonyl (C=O) groups is 1. The van der Waals surface area contributed by atoms with Gasteiger partial charge in [0.1, 0.15) is 4.90 Å². The van der Waals surface area contributed by atoms with E-state index >= 15 is 0 Å². The van der Waals surface area contributed by atoms with E-state index in [1.165, 1.54) is 30.7 Å². The van der Waals surface area contributed by atoms with Crippen molar-refractivity contribution in [1.82, 2.24) is 30.3 Å². The lowest BCUT2D eigenvalue weighted by Crippen LogP contribution is -2.22. The van der Waals surface area contributed by atoms with Crippen LogP contribution in [-0.2, 0) is 22.9 Å². The fourth-order valence-corrected chi connectivity index (χ4v) is 4.04. The highest BCUT2D eigenvalue weighted by molar-refractivity contribution is 7.91. The number of rotatable bonds is 6. The molecule has 4 rings (SSSR count). The molecule has 4 aromatic rings. The highest BCUT2D eigenvalue weighted by atomic mass is 32.2. The predicted molar refractivity (Wildman–Crippen MR) is 105 cm³/mol. The average Bonchev–Trinajstić information content (AvgIpc) is 3.41. The summed E-state index contributed by atoms with van der Waals surface area (Å²) in [7, 11) is -3.62. The third-order valence-electron chi connectivity index (χ3n) is 4.48. The Balaban J connectivity index is 1.44. The van der Waals surface area contributed by atoms with Crippen molar-refractivity contribution in [2.24, 2.45) is 0 Å². The van der Waals surface area contributed by atoms with Gasteiger partial charge >= 0.3 is 0 Å². The maximum absolute atomic E-state index is 12.7. The number of aromatic nitrogens is 5. The minimum absolute atomic E-state index is 0.155. The summed E-state index contributed by atoms with van der Waals surface area (Å²) >= 11 is 0. The Bertz CT molecular complexity index is 1270. The van der Waals surface area contributed by atoms with Crippen LogP contribution in [0.25, 0.3) is 11.0 Å². The van der Waals surface area contributed by atoms with Gasteiger partial charge in [0.15, 0.2) is 5.65 Å². The molecule has 29 heavy (non-hydrogen) atoms. The van der Waals surface area contributed by atoms with Gasteiger partial charge in [0.05, 0.1) is 22.9 Å². The van der Waals surface area contributed by atoms with Gasteiger partial charge in [-0.25, -0.2) is 13.4 Å². The molecule has 3 heterocycles. The van der Waals surface area contributed by atoms with Crippen LogP contribution in [0.3, 0.4) is 0 Å². The summed E-state index contributed by atoms with van der Waals surface area (Å²) in [6.45, 7) is 2.74. The number of amides is 1. The molecule has 2 N–H and O–H groups in total. The number of carbonyl (C=O) groups excluding carboxylic acids is 1. The number of sulfone groups is 1. The number of pyridine rings is 1. The smallest absolute Gasteiger partial charge is 0.253 e. The topological polar surface area (TPSA) is 123 Å². The van der Waals surface area contributed by atoms with Crippen molar-refractivity contribution in [2.75, 3.05) is 0 Å². The molecule has 1 amide bonds.